The van der Waals surface area contributed by atoms with Crippen molar-refractivity contribution in [3.63, 3.8) is 0 Å². The normalized spacial score (nSPS) is 24.1. The van der Waals surface area contributed by atoms with Crippen molar-refractivity contribution in [3.05, 3.63) is 18.3 Å². The van der Waals surface area contributed by atoms with Crippen LogP contribution in [-0.4, -0.2) is 26.5 Å². The topological polar surface area (TPSA) is 71.1 Å². The molecule has 1 heterocycles. The highest BCUT2D eigenvalue weighted by Gasteiger charge is 2.37. The molecule has 2 atom stereocenters. The zero-order valence-electron chi connectivity index (χ0n) is 9.27. The number of sulfonamides is 1. The van der Waals surface area contributed by atoms with Gasteiger partial charge in [0.25, 0.3) is 10.0 Å². The van der Waals surface area contributed by atoms with Crippen LogP contribution in [0, 0.1) is 5.92 Å². The van der Waals surface area contributed by atoms with Crippen molar-refractivity contribution < 1.29 is 8.42 Å². The first-order chi connectivity index (χ1) is 7.54. The van der Waals surface area contributed by atoms with Gasteiger partial charge in [0.05, 0.1) is 5.69 Å². The molecular formula is C10H15N3O2S. The van der Waals surface area contributed by atoms with Crippen molar-refractivity contribution in [1.29, 1.82) is 0 Å². The highest BCUT2D eigenvalue weighted by molar-refractivity contribution is 7.89. The molecule has 0 amide bonds. The van der Waals surface area contributed by atoms with E-state index in [2.05, 4.69) is 15.0 Å². The standard InChI is InChI=1S/C10H15N3O2S/c1-7-6-9(7)13-16(14,15)10-8(11-2)4-3-5-12-10/h3-5,7,9,11,13H,6H2,1-2H3. The Morgan fingerprint density at radius 2 is 2.19 bits per heavy atom. The van der Waals surface area contributed by atoms with Gasteiger partial charge in [0.15, 0.2) is 5.03 Å². The fourth-order valence-corrected chi connectivity index (χ4v) is 3.03. The minimum atomic E-state index is -3.50. The molecule has 5 nitrogen and oxygen atoms in total. The summed E-state index contributed by atoms with van der Waals surface area (Å²) in [6.45, 7) is 2.02. The third-order valence-corrected chi connectivity index (χ3v) is 4.16. The maximum atomic E-state index is 12.0. The predicted octanol–water partition coefficient (Wildman–Crippen LogP) is 0.810. The Morgan fingerprint density at radius 3 is 2.75 bits per heavy atom. The molecule has 1 saturated carbocycles. The van der Waals surface area contributed by atoms with Crippen LogP contribution >= 0.6 is 0 Å². The number of nitrogens with zero attached hydrogens (tertiary/aromatic N) is 1. The lowest BCUT2D eigenvalue weighted by atomic mass is 10.4. The van der Waals surface area contributed by atoms with Crippen LogP contribution in [0.5, 0.6) is 0 Å². The number of aromatic nitrogens is 1. The van der Waals surface area contributed by atoms with Gasteiger partial charge in [0.1, 0.15) is 0 Å². The van der Waals surface area contributed by atoms with E-state index in [-0.39, 0.29) is 11.1 Å². The molecule has 1 aliphatic rings. The fourth-order valence-electron chi connectivity index (χ4n) is 1.54. The largest absolute Gasteiger partial charge is 0.386 e. The molecule has 0 aromatic carbocycles. The van der Waals surface area contributed by atoms with Gasteiger partial charge in [-0.05, 0) is 24.5 Å². The van der Waals surface area contributed by atoms with Gasteiger partial charge in [-0.2, -0.15) is 0 Å². The molecule has 2 unspecified atom stereocenters. The zero-order valence-corrected chi connectivity index (χ0v) is 10.1. The fraction of sp³-hybridized carbons (Fsp3) is 0.500. The molecule has 6 heteroatoms. The van der Waals surface area contributed by atoms with E-state index in [4.69, 9.17) is 0 Å². The number of hydrogen-bond donors (Lipinski definition) is 2. The van der Waals surface area contributed by atoms with E-state index in [1.54, 1.807) is 19.2 Å². The maximum absolute atomic E-state index is 12.0. The molecule has 1 aliphatic carbocycles. The van der Waals surface area contributed by atoms with E-state index in [0.29, 0.717) is 11.6 Å². The first-order valence-corrected chi connectivity index (χ1v) is 6.68. The molecule has 1 aromatic heterocycles. The first kappa shape index (κ1) is 11.3. The monoisotopic (exact) mass is 241 g/mol. The lowest BCUT2D eigenvalue weighted by molar-refractivity contribution is 0.575. The molecular weight excluding hydrogens is 226 g/mol. The Balaban J connectivity index is 2.28. The maximum Gasteiger partial charge on any atom is 0.260 e. The SMILES string of the molecule is CNc1cccnc1S(=O)(=O)NC1CC1C. The zero-order chi connectivity index (χ0) is 11.8. The van der Waals surface area contributed by atoms with Gasteiger partial charge < -0.3 is 5.32 Å². The molecule has 0 bridgehead atoms. The second-order valence-corrected chi connectivity index (χ2v) is 5.68. The molecule has 0 aliphatic heterocycles. The average molecular weight is 241 g/mol. The summed E-state index contributed by atoms with van der Waals surface area (Å²) in [6.07, 6.45) is 2.38. The van der Waals surface area contributed by atoms with E-state index in [1.807, 2.05) is 6.92 Å². The number of pyridine rings is 1. The molecule has 2 rings (SSSR count). The van der Waals surface area contributed by atoms with Gasteiger partial charge >= 0.3 is 0 Å². The minimum Gasteiger partial charge on any atom is -0.386 e. The average Bonchev–Trinajstić information content (AvgIpc) is 2.93. The third-order valence-electron chi connectivity index (χ3n) is 2.71. The summed E-state index contributed by atoms with van der Waals surface area (Å²) in [7, 11) is -1.82. The van der Waals surface area contributed by atoms with Crippen LogP contribution in [0.25, 0.3) is 0 Å². The van der Waals surface area contributed by atoms with Crippen molar-refractivity contribution in [3.8, 4) is 0 Å². The van der Waals surface area contributed by atoms with Crippen LogP contribution in [0.1, 0.15) is 13.3 Å². The van der Waals surface area contributed by atoms with Crippen molar-refractivity contribution in [2.24, 2.45) is 5.92 Å². The Kier molecular flexibility index (Phi) is 2.86. The van der Waals surface area contributed by atoms with E-state index in [0.717, 1.165) is 6.42 Å². The predicted molar refractivity (Wildman–Crippen MR) is 61.7 cm³/mol. The summed E-state index contributed by atoms with van der Waals surface area (Å²) in [4.78, 5) is 3.91. The number of anilines is 1. The first-order valence-electron chi connectivity index (χ1n) is 5.19. The molecule has 1 fully saturated rings. The van der Waals surface area contributed by atoms with Crippen LogP contribution in [0.3, 0.4) is 0 Å². The number of nitrogens with one attached hydrogen (secondary N) is 2. The van der Waals surface area contributed by atoms with Crippen molar-refractivity contribution in [2.45, 2.75) is 24.4 Å². The molecule has 88 valence electrons. The van der Waals surface area contributed by atoms with Gasteiger partial charge in [-0.1, -0.05) is 6.92 Å². The highest BCUT2D eigenvalue weighted by atomic mass is 32.2. The van der Waals surface area contributed by atoms with Crippen LogP contribution in [0.4, 0.5) is 5.69 Å². The van der Waals surface area contributed by atoms with Crippen molar-refractivity contribution in [1.82, 2.24) is 9.71 Å². The van der Waals surface area contributed by atoms with Crippen LogP contribution in [-0.2, 0) is 10.0 Å². The van der Waals surface area contributed by atoms with Crippen molar-refractivity contribution in [2.75, 3.05) is 12.4 Å². The van der Waals surface area contributed by atoms with Gasteiger partial charge in [0.2, 0.25) is 0 Å². The van der Waals surface area contributed by atoms with Gasteiger partial charge in [-0.15, -0.1) is 0 Å². The van der Waals surface area contributed by atoms with Gasteiger partial charge in [0, 0.05) is 19.3 Å². The van der Waals surface area contributed by atoms with E-state index in [1.165, 1.54) is 6.20 Å². The molecule has 0 radical (unpaired) electrons. The quantitative estimate of drug-likeness (QED) is 0.818. The Hall–Kier alpha value is -1.14. The van der Waals surface area contributed by atoms with Crippen LogP contribution in [0.15, 0.2) is 23.4 Å². The molecule has 16 heavy (non-hydrogen) atoms. The summed E-state index contributed by atoms with van der Waals surface area (Å²) in [5, 5.41) is 2.89. The highest BCUT2D eigenvalue weighted by Crippen LogP contribution is 2.31. The lowest BCUT2D eigenvalue weighted by Gasteiger charge is -2.09. The Bertz CT molecular complexity index is 487. The minimum absolute atomic E-state index is 0.0663. The summed E-state index contributed by atoms with van der Waals surface area (Å²) in [5.41, 5.74) is 0.517. The van der Waals surface area contributed by atoms with Gasteiger partial charge in [-0.25, -0.2) is 18.1 Å². The summed E-state index contributed by atoms with van der Waals surface area (Å²) >= 11 is 0. The Labute approximate surface area is 95.3 Å². The third kappa shape index (κ3) is 2.17. The molecule has 2 N–H and O–H groups in total. The Morgan fingerprint density at radius 1 is 1.50 bits per heavy atom. The van der Waals surface area contributed by atoms with E-state index >= 15 is 0 Å². The van der Waals surface area contributed by atoms with Crippen LogP contribution < -0.4 is 10.0 Å². The molecule has 1 aromatic rings. The van der Waals surface area contributed by atoms with E-state index in [9.17, 15) is 8.42 Å². The number of hydrogen-bond acceptors (Lipinski definition) is 4. The lowest BCUT2D eigenvalue weighted by Crippen LogP contribution is -2.28. The second-order valence-electron chi connectivity index (χ2n) is 4.05. The molecule has 0 spiro atoms. The van der Waals surface area contributed by atoms with Crippen LogP contribution in [0.2, 0.25) is 0 Å². The summed E-state index contributed by atoms with van der Waals surface area (Å²) < 4.78 is 26.6. The number of rotatable bonds is 4. The summed E-state index contributed by atoms with van der Waals surface area (Å²) in [6, 6.07) is 3.46. The van der Waals surface area contributed by atoms with Gasteiger partial charge in [-0.3, -0.25) is 0 Å². The van der Waals surface area contributed by atoms with Crippen molar-refractivity contribution >= 4 is 15.7 Å². The second kappa shape index (κ2) is 4.03. The summed E-state index contributed by atoms with van der Waals surface area (Å²) in [5.74, 6) is 0.427. The van der Waals surface area contributed by atoms with E-state index < -0.39 is 10.0 Å². The molecule has 0 saturated heterocycles. The smallest absolute Gasteiger partial charge is 0.260 e.